The molecule has 0 atom stereocenters. The van der Waals surface area contributed by atoms with E-state index < -0.39 is 0 Å². The van der Waals surface area contributed by atoms with Gasteiger partial charge in [0, 0.05) is 5.02 Å². The first-order chi connectivity index (χ1) is 7.29. The van der Waals surface area contributed by atoms with E-state index in [4.69, 9.17) is 19.4 Å². The fraction of sp³-hybridized carbons (Fsp3) is 0.0769. The minimum atomic E-state index is 0.584. The number of rotatable bonds is 2. The number of hydrogen-bond acceptors (Lipinski definition) is 0. The fourth-order valence-corrected chi connectivity index (χ4v) is 1.60. The topological polar surface area (TPSA) is 0 Å². The lowest BCUT2D eigenvalue weighted by Crippen LogP contribution is -1.83. The molecule has 0 unspecified atom stereocenters. The van der Waals surface area contributed by atoms with Crippen LogP contribution < -0.4 is 0 Å². The molecule has 0 aliphatic carbocycles. The lowest BCUT2D eigenvalue weighted by atomic mass is 9.95. The van der Waals surface area contributed by atoms with Gasteiger partial charge in [-0.3, -0.25) is 0 Å². The zero-order chi connectivity index (χ0) is 10.7. The van der Waals surface area contributed by atoms with E-state index in [0.717, 1.165) is 10.6 Å². The summed E-state index contributed by atoms with van der Waals surface area (Å²) in [6.07, 6.45) is 0.584. The van der Waals surface area contributed by atoms with Crippen LogP contribution in [-0.2, 0) is 6.32 Å². The Morgan fingerprint density at radius 3 is 1.73 bits per heavy atom. The van der Waals surface area contributed by atoms with Gasteiger partial charge in [0.05, 0.1) is 7.85 Å². The van der Waals surface area contributed by atoms with Crippen LogP contribution in [0.25, 0.3) is 11.1 Å². The van der Waals surface area contributed by atoms with Crippen molar-refractivity contribution in [3.05, 3.63) is 59.1 Å². The van der Waals surface area contributed by atoms with Gasteiger partial charge >= 0.3 is 0 Å². The molecule has 2 rings (SSSR count). The zero-order valence-electron chi connectivity index (χ0n) is 8.28. The van der Waals surface area contributed by atoms with Crippen molar-refractivity contribution in [3.63, 3.8) is 0 Å². The smallest absolute Gasteiger partial charge is 0.0716 e. The van der Waals surface area contributed by atoms with Gasteiger partial charge in [0.2, 0.25) is 0 Å². The lowest BCUT2D eigenvalue weighted by Gasteiger charge is -2.03. The normalized spacial score (nSPS) is 10.2. The molecule has 2 heteroatoms. The summed E-state index contributed by atoms with van der Waals surface area (Å²) in [6.45, 7) is 0. The summed E-state index contributed by atoms with van der Waals surface area (Å²) < 4.78 is 0. The molecule has 0 nitrogen and oxygen atoms in total. The first-order valence-corrected chi connectivity index (χ1v) is 5.22. The summed E-state index contributed by atoms with van der Waals surface area (Å²) >= 11 is 5.83. The van der Waals surface area contributed by atoms with Crippen molar-refractivity contribution in [1.82, 2.24) is 0 Å². The van der Waals surface area contributed by atoms with Crippen molar-refractivity contribution in [2.24, 2.45) is 0 Å². The molecule has 0 N–H and O–H groups in total. The molecular weight excluding hydrogens is 202 g/mol. The summed E-state index contributed by atoms with van der Waals surface area (Å²) in [5.74, 6) is 0. The van der Waals surface area contributed by atoms with Gasteiger partial charge < -0.3 is 0 Å². The Hall–Kier alpha value is -1.21. The maximum atomic E-state index is 5.83. The van der Waals surface area contributed by atoms with Crippen LogP contribution in [0.4, 0.5) is 0 Å². The molecule has 0 fully saturated rings. The maximum absolute atomic E-state index is 5.83. The van der Waals surface area contributed by atoms with E-state index in [-0.39, 0.29) is 0 Å². The molecule has 0 aliphatic rings. The highest BCUT2D eigenvalue weighted by atomic mass is 35.5. The second kappa shape index (κ2) is 4.54. The predicted octanol–water partition coefficient (Wildman–Crippen LogP) is 3.68. The highest BCUT2D eigenvalue weighted by molar-refractivity contribution is 6.30. The first kappa shape index (κ1) is 10.3. The van der Waals surface area contributed by atoms with Crippen molar-refractivity contribution in [2.75, 3.05) is 0 Å². The second-order valence-corrected chi connectivity index (χ2v) is 3.84. The number of halogens is 1. The summed E-state index contributed by atoms with van der Waals surface area (Å²) in [7, 11) is 5.54. The van der Waals surface area contributed by atoms with Crippen LogP contribution in [0.3, 0.4) is 0 Å². The summed E-state index contributed by atoms with van der Waals surface area (Å²) in [4.78, 5) is 0. The Kier molecular flexibility index (Phi) is 3.12. The van der Waals surface area contributed by atoms with Crippen LogP contribution in [0, 0.1) is 0 Å². The predicted molar refractivity (Wildman–Crippen MR) is 66.3 cm³/mol. The third-order valence-electron chi connectivity index (χ3n) is 2.37. The average Bonchev–Trinajstić information content (AvgIpc) is 2.30. The minimum Gasteiger partial charge on any atom is -0.0843 e. The molecule has 0 saturated carbocycles. The standard InChI is InChI=1S/C13H10BCl/c14-9-10-1-3-11(4-2-10)12-5-7-13(15)8-6-12/h1-8H,9H2. The van der Waals surface area contributed by atoms with Gasteiger partial charge in [-0.25, -0.2) is 0 Å². The number of benzene rings is 2. The Morgan fingerprint density at radius 1 is 0.800 bits per heavy atom. The van der Waals surface area contributed by atoms with Crippen LogP contribution in [0.15, 0.2) is 48.5 Å². The third kappa shape index (κ3) is 2.43. The van der Waals surface area contributed by atoms with Crippen molar-refractivity contribution in [2.45, 2.75) is 6.32 Å². The van der Waals surface area contributed by atoms with Crippen LogP contribution in [0.5, 0.6) is 0 Å². The Labute approximate surface area is 96.3 Å². The molecule has 0 aromatic heterocycles. The van der Waals surface area contributed by atoms with Gasteiger partial charge in [-0.1, -0.05) is 59.9 Å². The first-order valence-electron chi connectivity index (χ1n) is 4.84. The summed E-state index contributed by atoms with van der Waals surface area (Å²) in [6, 6.07) is 16.1. The van der Waals surface area contributed by atoms with Crippen molar-refractivity contribution in [3.8, 4) is 11.1 Å². The van der Waals surface area contributed by atoms with Gasteiger partial charge in [-0.2, -0.15) is 0 Å². The third-order valence-corrected chi connectivity index (χ3v) is 2.62. The molecule has 0 aliphatic heterocycles. The van der Waals surface area contributed by atoms with Gasteiger partial charge in [-0.15, -0.1) is 0 Å². The summed E-state index contributed by atoms with van der Waals surface area (Å²) in [5.41, 5.74) is 3.50. The molecule has 72 valence electrons. The van der Waals surface area contributed by atoms with E-state index in [2.05, 4.69) is 12.1 Å². The molecule has 2 aromatic carbocycles. The highest BCUT2D eigenvalue weighted by Gasteiger charge is 1.97. The van der Waals surface area contributed by atoms with Crippen molar-refractivity contribution < 1.29 is 0 Å². The molecule has 0 spiro atoms. The van der Waals surface area contributed by atoms with Gasteiger partial charge in [-0.05, 0) is 23.3 Å². The van der Waals surface area contributed by atoms with Crippen molar-refractivity contribution >= 4 is 19.4 Å². The molecule has 0 bridgehead atoms. The summed E-state index contributed by atoms with van der Waals surface area (Å²) in [5, 5.41) is 0.761. The molecule has 0 saturated heterocycles. The molecule has 0 heterocycles. The minimum absolute atomic E-state index is 0.584. The molecule has 0 amide bonds. The van der Waals surface area contributed by atoms with E-state index in [0.29, 0.717) is 6.32 Å². The highest BCUT2D eigenvalue weighted by Crippen LogP contribution is 2.21. The zero-order valence-corrected chi connectivity index (χ0v) is 9.04. The van der Waals surface area contributed by atoms with Gasteiger partial charge in [0.1, 0.15) is 0 Å². The van der Waals surface area contributed by atoms with Crippen LogP contribution in [0.1, 0.15) is 5.56 Å². The monoisotopic (exact) mass is 212 g/mol. The van der Waals surface area contributed by atoms with E-state index in [1.807, 2.05) is 36.4 Å². The number of hydrogen-bond donors (Lipinski definition) is 0. The van der Waals surface area contributed by atoms with E-state index in [1.165, 1.54) is 11.1 Å². The Morgan fingerprint density at radius 2 is 1.27 bits per heavy atom. The Bertz CT molecular complexity index is 431. The van der Waals surface area contributed by atoms with Crippen molar-refractivity contribution in [1.29, 1.82) is 0 Å². The van der Waals surface area contributed by atoms with E-state index in [1.54, 1.807) is 0 Å². The SMILES string of the molecule is [B]Cc1ccc(-c2ccc(Cl)cc2)cc1. The fourth-order valence-electron chi connectivity index (χ4n) is 1.48. The molecular formula is C13H10BCl. The Balaban J connectivity index is 2.33. The van der Waals surface area contributed by atoms with Crippen LogP contribution in [0.2, 0.25) is 5.02 Å². The van der Waals surface area contributed by atoms with E-state index in [9.17, 15) is 0 Å². The molecule has 2 aromatic rings. The second-order valence-electron chi connectivity index (χ2n) is 3.41. The van der Waals surface area contributed by atoms with Gasteiger partial charge in [0.15, 0.2) is 0 Å². The van der Waals surface area contributed by atoms with E-state index >= 15 is 0 Å². The van der Waals surface area contributed by atoms with Crippen LogP contribution >= 0.6 is 11.6 Å². The largest absolute Gasteiger partial charge is 0.0843 e. The molecule has 2 radical (unpaired) electrons. The van der Waals surface area contributed by atoms with Gasteiger partial charge in [0.25, 0.3) is 0 Å². The quantitative estimate of drug-likeness (QED) is 0.666. The lowest BCUT2D eigenvalue weighted by molar-refractivity contribution is 1.40. The maximum Gasteiger partial charge on any atom is 0.0716 e. The average molecular weight is 212 g/mol. The molecule has 15 heavy (non-hydrogen) atoms. The van der Waals surface area contributed by atoms with Crippen LogP contribution in [-0.4, -0.2) is 7.85 Å².